The lowest BCUT2D eigenvalue weighted by atomic mass is 10.2. The molecule has 2 rings (SSSR count). The van der Waals surface area contributed by atoms with Gasteiger partial charge in [0, 0.05) is 12.3 Å². The van der Waals surface area contributed by atoms with Gasteiger partial charge in [-0.1, -0.05) is 0 Å². The fraction of sp³-hybridized carbons (Fsp3) is 0.182. The zero-order chi connectivity index (χ0) is 15.6. The van der Waals surface area contributed by atoms with E-state index < -0.39 is 26.5 Å². The van der Waals surface area contributed by atoms with Crippen molar-refractivity contribution in [3.8, 4) is 0 Å². The highest BCUT2D eigenvalue weighted by Gasteiger charge is 2.23. The molecule has 0 saturated carbocycles. The van der Waals surface area contributed by atoms with Crippen molar-refractivity contribution in [2.75, 3.05) is 0 Å². The number of H-pyrrole nitrogens is 1. The molecule has 0 aliphatic rings. The van der Waals surface area contributed by atoms with Gasteiger partial charge in [-0.2, -0.15) is 9.49 Å². The van der Waals surface area contributed by atoms with E-state index in [1.807, 2.05) is 0 Å². The fourth-order valence-electron chi connectivity index (χ4n) is 1.65. The van der Waals surface area contributed by atoms with Crippen molar-refractivity contribution in [2.45, 2.75) is 18.4 Å². The van der Waals surface area contributed by atoms with E-state index in [4.69, 9.17) is 0 Å². The van der Waals surface area contributed by atoms with E-state index >= 15 is 0 Å². The molecule has 21 heavy (non-hydrogen) atoms. The van der Waals surface area contributed by atoms with Crippen molar-refractivity contribution in [2.24, 2.45) is 0 Å². The van der Waals surface area contributed by atoms with Gasteiger partial charge in [0.2, 0.25) is 15.8 Å². The van der Waals surface area contributed by atoms with Crippen molar-refractivity contribution in [3.63, 3.8) is 0 Å². The lowest BCUT2D eigenvalue weighted by Crippen LogP contribution is -2.23. The van der Waals surface area contributed by atoms with Gasteiger partial charge >= 0.3 is 5.69 Å². The number of aryl methyl sites for hydroxylation is 1. The van der Waals surface area contributed by atoms with Gasteiger partial charge < -0.3 is 0 Å². The van der Waals surface area contributed by atoms with Crippen LogP contribution in [0.5, 0.6) is 0 Å². The van der Waals surface area contributed by atoms with E-state index in [1.54, 1.807) is 6.07 Å². The lowest BCUT2D eigenvalue weighted by molar-refractivity contribution is -0.387. The Labute approximate surface area is 119 Å². The molecule has 0 fully saturated rings. The number of aromatic nitrogens is 2. The molecule has 1 heterocycles. The topological polar surface area (TPSA) is 118 Å². The maximum atomic E-state index is 13.6. The van der Waals surface area contributed by atoms with Crippen LogP contribution in [0.1, 0.15) is 11.3 Å². The number of benzene rings is 1. The number of hydrogen-bond donors (Lipinski definition) is 2. The predicted molar refractivity (Wildman–Crippen MR) is 70.4 cm³/mol. The van der Waals surface area contributed by atoms with E-state index in [-0.39, 0.29) is 17.0 Å². The van der Waals surface area contributed by atoms with Crippen LogP contribution in [-0.4, -0.2) is 23.5 Å². The van der Waals surface area contributed by atoms with E-state index in [2.05, 4.69) is 14.9 Å². The summed E-state index contributed by atoms with van der Waals surface area (Å²) in [7, 11) is -4.00. The molecule has 2 aromatic rings. The van der Waals surface area contributed by atoms with Crippen molar-refractivity contribution in [1.29, 1.82) is 0 Å². The molecule has 112 valence electrons. The second-order valence-electron chi connectivity index (χ2n) is 4.24. The maximum absolute atomic E-state index is 13.6. The monoisotopic (exact) mass is 314 g/mol. The summed E-state index contributed by atoms with van der Waals surface area (Å²) in [6.45, 7) is 1.20. The molecular formula is C11H11FN4O4S. The Morgan fingerprint density at radius 2 is 2.19 bits per heavy atom. The van der Waals surface area contributed by atoms with Crippen LogP contribution < -0.4 is 4.72 Å². The van der Waals surface area contributed by atoms with Gasteiger partial charge in [-0.05, 0) is 24.6 Å². The van der Waals surface area contributed by atoms with E-state index in [9.17, 15) is 22.9 Å². The highest BCUT2D eigenvalue weighted by atomic mass is 32.2. The van der Waals surface area contributed by atoms with Gasteiger partial charge in [0.15, 0.2) is 0 Å². The molecule has 0 aliphatic heterocycles. The van der Waals surface area contributed by atoms with E-state index in [0.29, 0.717) is 11.8 Å². The minimum absolute atomic E-state index is 0.0629. The third-order valence-corrected chi connectivity index (χ3v) is 4.11. The summed E-state index contributed by atoms with van der Waals surface area (Å²) in [6, 6.07) is 3.30. The Balaban J connectivity index is 2.33. The number of hydrogen-bond acceptors (Lipinski definition) is 5. The average molecular weight is 314 g/mol. The molecule has 0 saturated heterocycles. The van der Waals surface area contributed by atoms with E-state index in [1.165, 1.54) is 13.1 Å². The van der Waals surface area contributed by atoms with Gasteiger partial charge in [0.1, 0.15) is 0 Å². The number of sulfonamides is 1. The summed E-state index contributed by atoms with van der Waals surface area (Å²) < 4.78 is 40.0. The summed E-state index contributed by atoms with van der Waals surface area (Å²) in [5.41, 5.74) is -0.477. The molecule has 10 heteroatoms. The van der Waals surface area contributed by atoms with Crippen LogP contribution in [0.2, 0.25) is 0 Å². The summed E-state index contributed by atoms with van der Waals surface area (Å²) in [4.78, 5) is 9.40. The third kappa shape index (κ3) is 3.23. The zero-order valence-corrected chi connectivity index (χ0v) is 11.6. The first-order valence-corrected chi connectivity index (χ1v) is 7.22. The quantitative estimate of drug-likeness (QED) is 0.636. The zero-order valence-electron chi connectivity index (χ0n) is 10.8. The van der Waals surface area contributed by atoms with Crippen LogP contribution in [-0.2, 0) is 16.6 Å². The molecule has 8 nitrogen and oxygen atoms in total. The maximum Gasteiger partial charge on any atom is 0.306 e. The van der Waals surface area contributed by atoms with Gasteiger partial charge in [-0.15, -0.1) is 0 Å². The number of nitro groups is 1. The Bertz CT molecular complexity index is 774. The van der Waals surface area contributed by atoms with Crippen LogP contribution in [0.3, 0.4) is 0 Å². The summed E-state index contributed by atoms with van der Waals surface area (Å²) in [6.07, 6.45) is 1.45. The van der Waals surface area contributed by atoms with Crippen molar-refractivity contribution in [1.82, 2.24) is 14.9 Å². The molecule has 2 N–H and O–H groups in total. The second-order valence-corrected chi connectivity index (χ2v) is 6.00. The molecule has 0 aliphatic carbocycles. The van der Waals surface area contributed by atoms with Crippen molar-refractivity contribution < 1.29 is 17.7 Å². The summed E-state index contributed by atoms with van der Waals surface area (Å²) >= 11 is 0. The smallest absolute Gasteiger partial charge is 0.281 e. The first-order valence-electron chi connectivity index (χ1n) is 5.73. The number of nitro benzene ring substituents is 1. The van der Waals surface area contributed by atoms with Gasteiger partial charge in [-0.25, -0.2) is 13.1 Å². The highest BCUT2D eigenvalue weighted by molar-refractivity contribution is 7.89. The largest absolute Gasteiger partial charge is 0.306 e. The summed E-state index contributed by atoms with van der Waals surface area (Å²) in [5, 5.41) is 17.0. The molecule has 1 aromatic carbocycles. The van der Waals surface area contributed by atoms with Crippen LogP contribution in [0.25, 0.3) is 0 Å². The van der Waals surface area contributed by atoms with Gasteiger partial charge in [0.05, 0.1) is 22.1 Å². The average Bonchev–Trinajstić information content (AvgIpc) is 2.92. The first-order chi connectivity index (χ1) is 9.81. The number of halogens is 1. The molecule has 0 bridgehead atoms. The van der Waals surface area contributed by atoms with Crippen LogP contribution >= 0.6 is 0 Å². The van der Waals surface area contributed by atoms with E-state index in [0.717, 1.165) is 6.07 Å². The number of aromatic amines is 1. The number of rotatable bonds is 5. The normalized spacial score (nSPS) is 11.5. The Hall–Kier alpha value is -2.33. The van der Waals surface area contributed by atoms with Crippen LogP contribution in [0, 0.1) is 22.9 Å². The Morgan fingerprint density at radius 1 is 1.48 bits per heavy atom. The third-order valence-electron chi connectivity index (χ3n) is 2.73. The van der Waals surface area contributed by atoms with Gasteiger partial charge in [-0.3, -0.25) is 15.2 Å². The van der Waals surface area contributed by atoms with Crippen LogP contribution in [0.15, 0.2) is 29.3 Å². The number of nitrogens with zero attached hydrogens (tertiary/aromatic N) is 2. The predicted octanol–water partition coefficient (Wildman–Crippen LogP) is 1.24. The van der Waals surface area contributed by atoms with Crippen molar-refractivity contribution >= 4 is 15.7 Å². The molecule has 0 spiro atoms. The molecule has 0 radical (unpaired) electrons. The minimum atomic E-state index is -4.00. The molecule has 0 amide bonds. The Morgan fingerprint density at radius 3 is 2.76 bits per heavy atom. The first kappa shape index (κ1) is 15.1. The molecule has 0 atom stereocenters. The second kappa shape index (κ2) is 5.58. The molecule has 0 unspecified atom stereocenters. The summed E-state index contributed by atoms with van der Waals surface area (Å²) in [5.74, 6) is -1.05. The number of nitrogens with one attached hydrogen (secondary N) is 2. The van der Waals surface area contributed by atoms with Crippen molar-refractivity contribution in [3.05, 3.63) is 51.6 Å². The SMILES string of the molecule is Cc1cc(S(=O)(=O)NCc2ccn[nH]2)cc([N+](=O)[O-])c1F. The highest BCUT2D eigenvalue weighted by Crippen LogP contribution is 2.25. The van der Waals surface area contributed by atoms with Gasteiger partial charge in [0.25, 0.3) is 0 Å². The fourth-order valence-corrected chi connectivity index (χ4v) is 2.76. The molecule has 1 aromatic heterocycles. The minimum Gasteiger partial charge on any atom is -0.281 e. The standard InChI is InChI=1S/C11H11FN4O4S/c1-7-4-9(5-10(11(7)12)16(17)18)21(19,20)14-6-8-2-3-13-15-8/h2-5,14H,6H2,1H3,(H,13,15). The Kier molecular flexibility index (Phi) is 4.00. The van der Waals surface area contributed by atoms with Crippen LogP contribution in [0.4, 0.5) is 10.1 Å². The lowest BCUT2D eigenvalue weighted by Gasteiger charge is -2.07. The molecular weight excluding hydrogens is 303 g/mol.